The second-order valence-electron chi connectivity index (χ2n) is 13.5. The molecule has 9 heteroatoms. The van der Waals surface area contributed by atoms with E-state index in [2.05, 4.69) is 10.6 Å². The van der Waals surface area contributed by atoms with Crippen LogP contribution in [0.5, 0.6) is 11.5 Å². The molecular weight excluding hydrogens is 580 g/mol. The fourth-order valence-electron chi connectivity index (χ4n) is 6.13. The van der Waals surface area contributed by atoms with Gasteiger partial charge in [0.1, 0.15) is 23.6 Å². The topological polar surface area (TPSA) is 108 Å². The van der Waals surface area contributed by atoms with Crippen molar-refractivity contribution in [3.05, 3.63) is 59.7 Å². The summed E-state index contributed by atoms with van der Waals surface area (Å²) in [6.45, 7) is 16.3. The molecule has 3 heterocycles. The van der Waals surface area contributed by atoms with Crippen LogP contribution in [-0.4, -0.2) is 70.7 Å². The molecule has 0 fully saturated rings. The van der Waals surface area contributed by atoms with Crippen molar-refractivity contribution in [2.75, 3.05) is 13.1 Å². The Morgan fingerprint density at radius 3 is 1.22 bits per heavy atom. The van der Waals surface area contributed by atoms with Crippen molar-refractivity contribution >= 4 is 23.6 Å². The fraction of sp³-hybridized carbons (Fsp3) is 0.568. The Bertz CT molecular complexity index is 1200. The number of benzene rings is 2. The van der Waals surface area contributed by atoms with Crippen molar-refractivity contribution in [2.45, 2.75) is 112 Å². The number of hydrogen-bond acceptors (Lipinski definition) is 5. The van der Waals surface area contributed by atoms with Crippen LogP contribution in [0.1, 0.15) is 85.8 Å². The maximum Gasteiger partial charge on any atom is 0.243 e. The summed E-state index contributed by atoms with van der Waals surface area (Å²) in [5.41, 5.74) is 2.12. The number of rotatable bonds is 4. The van der Waals surface area contributed by atoms with Crippen LogP contribution in [0.25, 0.3) is 0 Å². The van der Waals surface area contributed by atoms with Crippen molar-refractivity contribution in [3.8, 4) is 11.5 Å². The number of ether oxygens (including phenoxy) is 1. The molecule has 46 heavy (non-hydrogen) atoms. The van der Waals surface area contributed by atoms with Crippen LogP contribution in [0.4, 0.5) is 0 Å². The largest absolute Gasteiger partial charge is 0.457 e. The number of carbonyl (C=O) groups excluding carboxylic acids is 4. The minimum absolute atomic E-state index is 0.105. The molecule has 0 aliphatic carbocycles. The zero-order valence-corrected chi connectivity index (χ0v) is 29.0. The minimum atomic E-state index is -0.634. The molecule has 0 saturated heterocycles. The second kappa shape index (κ2) is 17.2. The molecule has 0 aromatic heterocycles. The summed E-state index contributed by atoms with van der Waals surface area (Å²) in [7, 11) is 0. The highest BCUT2D eigenvalue weighted by Gasteiger charge is 2.36. The second-order valence-corrected chi connectivity index (χ2v) is 13.5. The number of nitrogens with one attached hydrogen (secondary N) is 2. The van der Waals surface area contributed by atoms with E-state index in [0.29, 0.717) is 43.9 Å². The Balaban J connectivity index is 1.88. The van der Waals surface area contributed by atoms with E-state index >= 15 is 0 Å². The third kappa shape index (κ3) is 10.1. The molecule has 2 aromatic rings. The van der Waals surface area contributed by atoms with E-state index in [1.54, 1.807) is 9.80 Å². The minimum Gasteiger partial charge on any atom is -0.457 e. The molecule has 2 atom stereocenters. The summed E-state index contributed by atoms with van der Waals surface area (Å²) in [6, 6.07) is 13.9. The zero-order valence-electron chi connectivity index (χ0n) is 29.0. The third-order valence-electron chi connectivity index (χ3n) is 8.38. The average Bonchev–Trinajstić information content (AvgIpc) is 2.98. The first-order chi connectivity index (χ1) is 21.8. The van der Waals surface area contributed by atoms with E-state index in [1.807, 2.05) is 104 Å². The van der Waals surface area contributed by atoms with Gasteiger partial charge in [0.15, 0.2) is 0 Å². The summed E-state index contributed by atoms with van der Waals surface area (Å²) < 4.78 is 6.03. The van der Waals surface area contributed by atoms with Gasteiger partial charge in [-0.3, -0.25) is 19.2 Å². The predicted molar refractivity (Wildman–Crippen MR) is 181 cm³/mol. The van der Waals surface area contributed by atoms with Crippen LogP contribution in [-0.2, 0) is 32.0 Å². The summed E-state index contributed by atoms with van der Waals surface area (Å²) in [6.07, 6.45) is 1.89. The first-order valence-electron chi connectivity index (χ1n) is 16.8. The average molecular weight is 635 g/mol. The molecular formula is C37H54N4O5. The van der Waals surface area contributed by atoms with E-state index in [0.717, 1.165) is 11.1 Å². The van der Waals surface area contributed by atoms with Crippen LogP contribution < -0.4 is 15.4 Å². The van der Waals surface area contributed by atoms with Crippen LogP contribution in [0.2, 0.25) is 0 Å². The van der Waals surface area contributed by atoms with Gasteiger partial charge in [-0.2, -0.15) is 0 Å². The molecule has 9 nitrogen and oxygen atoms in total. The van der Waals surface area contributed by atoms with Gasteiger partial charge in [-0.15, -0.1) is 0 Å². The summed E-state index contributed by atoms with van der Waals surface area (Å²) in [5.74, 6) is 0.531. The molecule has 2 unspecified atom stereocenters. The molecule has 0 saturated carbocycles. The van der Waals surface area contributed by atoms with Crippen molar-refractivity contribution in [1.82, 2.24) is 20.4 Å². The molecule has 2 N–H and O–H groups in total. The Kier molecular flexibility index (Phi) is 13.6. The molecule has 0 radical (unpaired) electrons. The maximum absolute atomic E-state index is 13.6. The standard InChI is InChI=1S/C37H54N4O5/c1-24(2)34-36(44)38-22-20-28-12-16-30(17-13-28)46-31-18-14-29(15-19-31)21-23-39-37(45)35(25(3)4)41(27(7)8)33(43)11-9-10-32(42)40(34)26(5)6/h12-19,24-27,34-35H,9-11,20-23H2,1-8H3,(H,38,44)(H,39,45). The van der Waals surface area contributed by atoms with Gasteiger partial charge in [0.05, 0.1) is 0 Å². The van der Waals surface area contributed by atoms with Crippen LogP contribution in [0, 0.1) is 11.8 Å². The number of nitrogens with zero attached hydrogens (tertiary/aromatic N) is 2. The lowest BCUT2D eigenvalue weighted by Crippen LogP contribution is -2.55. The van der Waals surface area contributed by atoms with Crippen molar-refractivity contribution < 1.29 is 23.9 Å². The SMILES string of the molecule is CC(C)C1C(=O)NCCc2ccc(cc2)Oc2ccc(cc2)CCNC(=O)C(C(C)C)N(C(C)C)C(=O)CCCC(=O)N1C(C)C. The number of carbonyl (C=O) groups is 4. The van der Waals surface area contributed by atoms with Gasteiger partial charge in [0, 0.05) is 38.0 Å². The third-order valence-corrected chi connectivity index (χ3v) is 8.38. The molecule has 4 amide bonds. The first kappa shape index (κ1) is 36.6. The molecule has 2 aromatic carbocycles. The molecule has 4 bridgehead atoms. The van der Waals surface area contributed by atoms with Gasteiger partial charge in [-0.05, 0) is 94.2 Å². The lowest BCUT2D eigenvalue weighted by molar-refractivity contribution is -0.146. The number of fused-ring (bicyclic) bond motifs is 2. The monoisotopic (exact) mass is 634 g/mol. The van der Waals surface area contributed by atoms with Crippen LogP contribution in [0.15, 0.2) is 48.5 Å². The lowest BCUT2D eigenvalue weighted by atomic mass is 9.98. The van der Waals surface area contributed by atoms with E-state index in [4.69, 9.17) is 4.74 Å². The highest BCUT2D eigenvalue weighted by molar-refractivity contribution is 5.89. The van der Waals surface area contributed by atoms with E-state index in [-0.39, 0.29) is 60.4 Å². The van der Waals surface area contributed by atoms with Gasteiger partial charge < -0.3 is 25.2 Å². The maximum atomic E-state index is 13.6. The molecule has 252 valence electrons. The normalized spacial score (nSPS) is 20.1. The highest BCUT2D eigenvalue weighted by Crippen LogP contribution is 2.23. The zero-order chi connectivity index (χ0) is 34.0. The molecule has 3 aliphatic heterocycles. The Morgan fingerprint density at radius 2 is 0.913 bits per heavy atom. The Hall–Kier alpha value is -3.88. The first-order valence-corrected chi connectivity index (χ1v) is 16.8. The number of hydrogen-bond donors (Lipinski definition) is 2. The summed E-state index contributed by atoms with van der Waals surface area (Å²) in [5, 5.41) is 6.09. The Morgan fingerprint density at radius 1 is 0.565 bits per heavy atom. The predicted octanol–water partition coefficient (Wildman–Crippen LogP) is 5.50. The van der Waals surface area contributed by atoms with E-state index < -0.39 is 12.1 Å². The fourth-order valence-corrected chi connectivity index (χ4v) is 6.13. The molecule has 5 rings (SSSR count). The van der Waals surface area contributed by atoms with Gasteiger partial charge >= 0.3 is 0 Å². The van der Waals surface area contributed by atoms with E-state index in [1.165, 1.54) is 0 Å². The summed E-state index contributed by atoms with van der Waals surface area (Å²) >= 11 is 0. The smallest absolute Gasteiger partial charge is 0.243 e. The van der Waals surface area contributed by atoms with Gasteiger partial charge in [-0.1, -0.05) is 52.0 Å². The van der Waals surface area contributed by atoms with Gasteiger partial charge in [-0.25, -0.2) is 0 Å². The van der Waals surface area contributed by atoms with Gasteiger partial charge in [0.2, 0.25) is 23.6 Å². The lowest BCUT2D eigenvalue weighted by Gasteiger charge is -2.37. The quantitative estimate of drug-likeness (QED) is 0.462. The highest BCUT2D eigenvalue weighted by atomic mass is 16.5. The van der Waals surface area contributed by atoms with E-state index in [9.17, 15) is 19.2 Å². The molecule has 0 spiro atoms. The Labute approximate surface area is 275 Å². The van der Waals surface area contributed by atoms with Crippen LogP contribution >= 0.6 is 0 Å². The summed E-state index contributed by atoms with van der Waals surface area (Å²) in [4.78, 5) is 57.4. The number of amides is 4. The van der Waals surface area contributed by atoms with Crippen molar-refractivity contribution in [1.29, 1.82) is 0 Å². The molecule has 3 aliphatic rings. The van der Waals surface area contributed by atoms with Crippen molar-refractivity contribution in [3.63, 3.8) is 0 Å². The van der Waals surface area contributed by atoms with Gasteiger partial charge in [0.25, 0.3) is 0 Å². The van der Waals surface area contributed by atoms with Crippen LogP contribution in [0.3, 0.4) is 0 Å². The van der Waals surface area contributed by atoms with Crippen molar-refractivity contribution in [2.24, 2.45) is 11.8 Å².